The summed E-state index contributed by atoms with van der Waals surface area (Å²) in [5, 5.41) is 2.61. The van der Waals surface area contributed by atoms with E-state index in [1.807, 2.05) is 0 Å². The molecule has 0 saturated carbocycles. The van der Waals surface area contributed by atoms with E-state index in [1.165, 1.54) is 0 Å². The number of carbonyl (C=O) groups is 1. The molecular formula is C12H25ClN2O4S. The van der Waals surface area contributed by atoms with Crippen molar-refractivity contribution in [2.75, 3.05) is 18.8 Å². The summed E-state index contributed by atoms with van der Waals surface area (Å²) in [6, 6.07) is 0. The molecule has 0 spiro atoms. The maximum Gasteiger partial charge on any atom is 0.249 e. The van der Waals surface area contributed by atoms with Gasteiger partial charge in [0.15, 0.2) is 9.84 Å². The molecule has 1 aliphatic rings. The van der Waals surface area contributed by atoms with Crippen LogP contribution in [0.3, 0.4) is 0 Å². The quantitative estimate of drug-likeness (QED) is 0.753. The molecule has 0 aliphatic carbocycles. The molecular weight excluding hydrogens is 304 g/mol. The van der Waals surface area contributed by atoms with E-state index < -0.39 is 20.7 Å². The van der Waals surface area contributed by atoms with E-state index in [-0.39, 0.29) is 36.7 Å². The molecule has 0 radical (unpaired) electrons. The molecule has 0 unspecified atom stereocenters. The van der Waals surface area contributed by atoms with Crippen molar-refractivity contribution in [3.8, 4) is 0 Å². The van der Waals surface area contributed by atoms with Crippen LogP contribution in [-0.2, 0) is 19.4 Å². The lowest BCUT2D eigenvalue weighted by Gasteiger charge is -2.19. The van der Waals surface area contributed by atoms with Crippen molar-refractivity contribution < 1.29 is 17.9 Å². The van der Waals surface area contributed by atoms with Crippen molar-refractivity contribution in [3.05, 3.63) is 0 Å². The first-order chi connectivity index (χ1) is 8.67. The van der Waals surface area contributed by atoms with Crippen LogP contribution in [0, 0.1) is 0 Å². The number of ether oxygens (including phenoxy) is 1. The van der Waals surface area contributed by atoms with Gasteiger partial charge in [0.2, 0.25) is 5.91 Å². The van der Waals surface area contributed by atoms with Gasteiger partial charge >= 0.3 is 0 Å². The van der Waals surface area contributed by atoms with E-state index in [4.69, 9.17) is 10.5 Å². The topological polar surface area (TPSA) is 98.5 Å². The summed E-state index contributed by atoms with van der Waals surface area (Å²) in [7, 11) is -3.21. The summed E-state index contributed by atoms with van der Waals surface area (Å²) in [6.07, 6.45) is 0.856. The molecule has 0 bridgehead atoms. The molecule has 0 aromatic rings. The molecule has 1 heterocycles. The number of hydrogen-bond donors (Lipinski definition) is 2. The van der Waals surface area contributed by atoms with Crippen molar-refractivity contribution in [1.29, 1.82) is 0 Å². The van der Waals surface area contributed by atoms with Crippen LogP contribution < -0.4 is 11.1 Å². The second kappa shape index (κ2) is 7.59. The predicted octanol–water partition coefficient (Wildman–Crippen LogP) is 0.244. The minimum atomic E-state index is -3.21. The summed E-state index contributed by atoms with van der Waals surface area (Å²) >= 11 is 0. The molecule has 1 amide bonds. The number of halogens is 1. The van der Waals surface area contributed by atoms with Crippen LogP contribution >= 0.6 is 12.4 Å². The number of carbonyl (C=O) groups excluding carboxylic acids is 1. The molecule has 3 N–H and O–H groups in total. The second-order valence-electron chi connectivity index (χ2n) is 5.78. The van der Waals surface area contributed by atoms with Crippen molar-refractivity contribution in [2.24, 2.45) is 5.73 Å². The highest BCUT2D eigenvalue weighted by atomic mass is 35.5. The third-order valence-electron chi connectivity index (χ3n) is 3.27. The number of nitrogens with two attached hydrogens (primary N) is 1. The van der Waals surface area contributed by atoms with Crippen LogP contribution in [0.15, 0.2) is 0 Å². The highest BCUT2D eigenvalue weighted by Crippen LogP contribution is 2.19. The largest absolute Gasteiger partial charge is 0.364 e. The van der Waals surface area contributed by atoms with Gasteiger partial charge in [-0.25, -0.2) is 8.42 Å². The van der Waals surface area contributed by atoms with Gasteiger partial charge in [0.05, 0.1) is 16.6 Å². The van der Waals surface area contributed by atoms with E-state index in [9.17, 15) is 13.2 Å². The van der Waals surface area contributed by atoms with Crippen LogP contribution in [0.25, 0.3) is 0 Å². The lowest BCUT2D eigenvalue weighted by molar-refractivity contribution is -0.131. The van der Waals surface area contributed by atoms with E-state index in [0.29, 0.717) is 13.0 Å². The van der Waals surface area contributed by atoms with Crippen molar-refractivity contribution in [3.63, 3.8) is 0 Å². The Morgan fingerprint density at radius 3 is 2.40 bits per heavy atom. The zero-order chi connectivity index (χ0) is 14.7. The standard InChI is InChI=1S/C12H24N2O4S.ClH/c1-12(2,3)19(16,17)7-6-14-11(15)10-5-4-9(8-13)18-10;/h9-10H,4-8,13H2,1-3H3,(H,14,15);1H/t9-,10+;/m1./s1. The first-order valence-electron chi connectivity index (χ1n) is 6.53. The Kier molecular flexibility index (Phi) is 7.44. The van der Waals surface area contributed by atoms with Gasteiger partial charge in [0.1, 0.15) is 6.10 Å². The highest BCUT2D eigenvalue weighted by molar-refractivity contribution is 7.92. The Labute approximate surface area is 127 Å². The Balaban J connectivity index is 0.00000361. The zero-order valence-electron chi connectivity index (χ0n) is 12.2. The number of hydrogen-bond acceptors (Lipinski definition) is 5. The summed E-state index contributed by atoms with van der Waals surface area (Å²) in [5.74, 6) is -0.310. The molecule has 120 valence electrons. The molecule has 8 heteroatoms. The molecule has 1 saturated heterocycles. The minimum absolute atomic E-state index is 0. The maximum atomic E-state index is 11.9. The summed E-state index contributed by atoms with van der Waals surface area (Å²) in [4.78, 5) is 11.8. The van der Waals surface area contributed by atoms with Crippen LogP contribution in [-0.4, -0.2) is 50.1 Å². The average molecular weight is 329 g/mol. The lowest BCUT2D eigenvalue weighted by atomic mass is 10.2. The third kappa shape index (κ3) is 5.20. The van der Waals surface area contributed by atoms with Gasteiger partial charge in [0, 0.05) is 13.1 Å². The smallest absolute Gasteiger partial charge is 0.249 e. The van der Waals surface area contributed by atoms with E-state index in [0.717, 1.165) is 6.42 Å². The molecule has 1 aliphatic heterocycles. The van der Waals surface area contributed by atoms with Gasteiger partial charge in [0.25, 0.3) is 0 Å². The van der Waals surface area contributed by atoms with Gasteiger partial charge in [-0.3, -0.25) is 4.79 Å². The van der Waals surface area contributed by atoms with Crippen molar-refractivity contribution in [2.45, 2.75) is 50.6 Å². The molecule has 2 atom stereocenters. The number of nitrogens with one attached hydrogen (secondary N) is 1. The summed E-state index contributed by atoms with van der Waals surface area (Å²) in [6.45, 7) is 5.47. The van der Waals surface area contributed by atoms with Gasteiger partial charge in [-0.1, -0.05) is 0 Å². The summed E-state index contributed by atoms with van der Waals surface area (Å²) in [5.41, 5.74) is 5.47. The van der Waals surface area contributed by atoms with Crippen molar-refractivity contribution in [1.82, 2.24) is 5.32 Å². The molecule has 20 heavy (non-hydrogen) atoms. The number of rotatable bonds is 5. The highest BCUT2D eigenvalue weighted by Gasteiger charge is 2.31. The van der Waals surface area contributed by atoms with Crippen LogP contribution in [0.5, 0.6) is 0 Å². The monoisotopic (exact) mass is 328 g/mol. The van der Waals surface area contributed by atoms with Crippen molar-refractivity contribution >= 4 is 28.2 Å². The normalized spacial score (nSPS) is 23.2. The first kappa shape index (κ1) is 19.6. The van der Waals surface area contributed by atoms with Crippen LogP contribution in [0.1, 0.15) is 33.6 Å². The average Bonchev–Trinajstić information content (AvgIpc) is 2.75. The maximum absolute atomic E-state index is 11.9. The molecule has 1 fully saturated rings. The van der Waals surface area contributed by atoms with E-state index in [1.54, 1.807) is 20.8 Å². The van der Waals surface area contributed by atoms with Gasteiger partial charge in [-0.2, -0.15) is 0 Å². The van der Waals surface area contributed by atoms with Gasteiger partial charge in [-0.15, -0.1) is 12.4 Å². The van der Waals surface area contributed by atoms with Gasteiger partial charge in [-0.05, 0) is 33.6 Å². The van der Waals surface area contributed by atoms with E-state index in [2.05, 4.69) is 5.32 Å². The molecule has 0 aromatic carbocycles. The second-order valence-corrected chi connectivity index (χ2v) is 8.64. The third-order valence-corrected chi connectivity index (χ3v) is 5.87. The molecule has 1 rings (SSSR count). The lowest BCUT2D eigenvalue weighted by Crippen LogP contribution is -2.40. The minimum Gasteiger partial charge on any atom is -0.364 e. The Morgan fingerprint density at radius 2 is 1.95 bits per heavy atom. The van der Waals surface area contributed by atoms with E-state index >= 15 is 0 Å². The van der Waals surface area contributed by atoms with Crippen LogP contribution in [0.2, 0.25) is 0 Å². The Bertz CT molecular complexity index is 420. The SMILES string of the molecule is CC(C)(C)S(=O)(=O)CCNC(=O)[C@@H]1CC[C@H](CN)O1.Cl. The zero-order valence-corrected chi connectivity index (χ0v) is 13.9. The molecule has 6 nitrogen and oxygen atoms in total. The number of amides is 1. The Hall–Kier alpha value is -0.370. The van der Waals surface area contributed by atoms with Gasteiger partial charge < -0.3 is 15.8 Å². The summed E-state index contributed by atoms with van der Waals surface area (Å²) < 4.78 is 28.3. The van der Waals surface area contributed by atoms with Crippen LogP contribution in [0.4, 0.5) is 0 Å². The fraction of sp³-hybridized carbons (Fsp3) is 0.917. The predicted molar refractivity (Wildman–Crippen MR) is 80.7 cm³/mol. The molecule has 0 aromatic heterocycles. The fourth-order valence-electron chi connectivity index (χ4n) is 1.80. The fourth-order valence-corrected chi connectivity index (χ4v) is 2.78. The Morgan fingerprint density at radius 1 is 1.35 bits per heavy atom. The first-order valence-corrected chi connectivity index (χ1v) is 8.18. The number of sulfone groups is 1.